The average molecular weight is 205 g/mol. The molecule has 0 radical (unpaired) electrons. The van der Waals surface area contributed by atoms with Crippen LogP contribution in [0.3, 0.4) is 0 Å². The highest BCUT2D eigenvalue weighted by Gasteiger charge is 2.05. The third kappa shape index (κ3) is 2.91. The SMILES string of the molecule is CCC(C)=Nc1cc(C(=O)O)ccc1C. The van der Waals surface area contributed by atoms with E-state index in [-0.39, 0.29) is 5.56 Å². The minimum atomic E-state index is -0.916. The summed E-state index contributed by atoms with van der Waals surface area (Å²) in [6, 6.07) is 4.99. The molecule has 0 spiro atoms. The van der Waals surface area contributed by atoms with Crippen molar-refractivity contribution in [3.05, 3.63) is 29.3 Å². The minimum absolute atomic E-state index is 0.281. The number of aliphatic imine (C=N–C) groups is 1. The first-order chi connectivity index (χ1) is 7.04. The number of benzene rings is 1. The maximum absolute atomic E-state index is 10.8. The van der Waals surface area contributed by atoms with Crippen LogP contribution >= 0.6 is 0 Å². The molecule has 0 heterocycles. The van der Waals surface area contributed by atoms with Gasteiger partial charge in [-0.25, -0.2) is 4.79 Å². The van der Waals surface area contributed by atoms with Gasteiger partial charge in [0.15, 0.2) is 0 Å². The molecular weight excluding hydrogens is 190 g/mol. The van der Waals surface area contributed by atoms with E-state index in [1.165, 1.54) is 0 Å². The second-order valence-electron chi connectivity index (χ2n) is 3.51. The van der Waals surface area contributed by atoms with E-state index in [1.54, 1.807) is 18.2 Å². The highest BCUT2D eigenvalue weighted by Crippen LogP contribution is 2.20. The first-order valence-corrected chi connectivity index (χ1v) is 4.92. The molecule has 0 aliphatic carbocycles. The summed E-state index contributed by atoms with van der Waals surface area (Å²) in [6.45, 7) is 5.88. The van der Waals surface area contributed by atoms with Crippen molar-refractivity contribution in [3.8, 4) is 0 Å². The lowest BCUT2D eigenvalue weighted by Gasteiger charge is -2.03. The van der Waals surface area contributed by atoms with Crippen LogP contribution in [0.1, 0.15) is 36.2 Å². The summed E-state index contributed by atoms with van der Waals surface area (Å²) in [7, 11) is 0. The number of nitrogens with zero attached hydrogens (tertiary/aromatic N) is 1. The quantitative estimate of drug-likeness (QED) is 0.770. The van der Waals surface area contributed by atoms with Crippen LogP contribution in [0.4, 0.5) is 5.69 Å². The average Bonchev–Trinajstić information content (AvgIpc) is 2.20. The van der Waals surface area contributed by atoms with Gasteiger partial charge in [-0.05, 0) is 38.0 Å². The van der Waals surface area contributed by atoms with Gasteiger partial charge in [0, 0.05) is 5.71 Å². The normalized spacial score (nSPS) is 11.5. The van der Waals surface area contributed by atoms with E-state index < -0.39 is 5.97 Å². The molecule has 0 fully saturated rings. The molecule has 80 valence electrons. The van der Waals surface area contributed by atoms with E-state index in [4.69, 9.17) is 5.11 Å². The highest BCUT2D eigenvalue weighted by molar-refractivity contribution is 5.90. The molecular formula is C12H15NO2. The summed E-state index contributed by atoms with van der Waals surface area (Å²) in [5, 5.41) is 8.84. The Bertz CT molecular complexity index is 408. The predicted octanol–water partition coefficient (Wildman–Crippen LogP) is 3.20. The van der Waals surface area contributed by atoms with Gasteiger partial charge in [0.1, 0.15) is 0 Å². The zero-order valence-corrected chi connectivity index (χ0v) is 9.24. The van der Waals surface area contributed by atoms with Crippen molar-refractivity contribution in [2.75, 3.05) is 0 Å². The van der Waals surface area contributed by atoms with Crippen molar-refractivity contribution < 1.29 is 9.90 Å². The zero-order chi connectivity index (χ0) is 11.4. The lowest BCUT2D eigenvalue weighted by Crippen LogP contribution is -1.96. The van der Waals surface area contributed by atoms with Crippen molar-refractivity contribution in [1.82, 2.24) is 0 Å². The molecule has 1 aromatic carbocycles. The molecule has 15 heavy (non-hydrogen) atoms. The third-order valence-corrected chi connectivity index (χ3v) is 2.28. The molecule has 3 nitrogen and oxygen atoms in total. The molecule has 0 aliphatic heterocycles. The molecule has 0 unspecified atom stereocenters. The van der Waals surface area contributed by atoms with E-state index in [1.807, 2.05) is 20.8 Å². The van der Waals surface area contributed by atoms with Gasteiger partial charge in [-0.1, -0.05) is 13.0 Å². The Morgan fingerprint density at radius 1 is 1.47 bits per heavy atom. The van der Waals surface area contributed by atoms with Crippen LogP contribution in [0.5, 0.6) is 0 Å². The minimum Gasteiger partial charge on any atom is -0.478 e. The smallest absolute Gasteiger partial charge is 0.335 e. The van der Waals surface area contributed by atoms with Gasteiger partial charge in [0.25, 0.3) is 0 Å². The summed E-state index contributed by atoms with van der Waals surface area (Å²) in [4.78, 5) is 15.1. The topological polar surface area (TPSA) is 49.7 Å². The highest BCUT2D eigenvalue weighted by atomic mass is 16.4. The molecule has 3 heteroatoms. The van der Waals surface area contributed by atoms with E-state index >= 15 is 0 Å². The van der Waals surface area contributed by atoms with Gasteiger partial charge in [-0.3, -0.25) is 4.99 Å². The zero-order valence-electron chi connectivity index (χ0n) is 9.24. The molecule has 0 saturated heterocycles. The molecule has 0 saturated carbocycles. The Morgan fingerprint density at radius 2 is 2.13 bits per heavy atom. The first-order valence-electron chi connectivity index (χ1n) is 4.92. The molecule has 1 N–H and O–H groups in total. The molecule has 0 atom stereocenters. The van der Waals surface area contributed by atoms with Crippen molar-refractivity contribution in [2.24, 2.45) is 4.99 Å². The second-order valence-corrected chi connectivity index (χ2v) is 3.51. The Labute approximate surface area is 89.5 Å². The van der Waals surface area contributed by atoms with E-state index in [0.717, 1.165) is 23.4 Å². The predicted molar refractivity (Wildman–Crippen MR) is 61.2 cm³/mol. The monoisotopic (exact) mass is 205 g/mol. The summed E-state index contributed by atoms with van der Waals surface area (Å²) in [5.74, 6) is -0.916. The van der Waals surface area contributed by atoms with Crippen molar-refractivity contribution >= 4 is 17.4 Å². The molecule has 0 amide bonds. The fourth-order valence-corrected chi connectivity index (χ4v) is 1.15. The van der Waals surface area contributed by atoms with E-state index in [0.29, 0.717) is 0 Å². The van der Waals surface area contributed by atoms with E-state index in [9.17, 15) is 4.79 Å². The lowest BCUT2D eigenvalue weighted by atomic mass is 10.1. The van der Waals surface area contributed by atoms with Crippen LogP contribution in [-0.4, -0.2) is 16.8 Å². The van der Waals surface area contributed by atoms with Crippen LogP contribution in [-0.2, 0) is 0 Å². The molecule has 1 rings (SSSR count). The van der Waals surface area contributed by atoms with Gasteiger partial charge in [-0.2, -0.15) is 0 Å². The fourth-order valence-electron chi connectivity index (χ4n) is 1.15. The molecule has 0 bridgehead atoms. The van der Waals surface area contributed by atoms with Crippen LogP contribution in [0.2, 0.25) is 0 Å². The largest absolute Gasteiger partial charge is 0.478 e. The van der Waals surface area contributed by atoms with Crippen molar-refractivity contribution in [3.63, 3.8) is 0 Å². The molecule has 0 aliphatic rings. The number of hydrogen-bond donors (Lipinski definition) is 1. The third-order valence-electron chi connectivity index (χ3n) is 2.28. The summed E-state index contributed by atoms with van der Waals surface area (Å²) >= 11 is 0. The Balaban J connectivity index is 3.17. The number of aryl methyl sites for hydroxylation is 1. The van der Waals surface area contributed by atoms with Gasteiger partial charge in [-0.15, -0.1) is 0 Å². The van der Waals surface area contributed by atoms with Crippen molar-refractivity contribution in [1.29, 1.82) is 0 Å². The number of aromatic carboxylic acids is 1. The Kier molecular flexibility index (Phi) is 3.61. The van der Waals surface area contributed by atoms with Gasteiger partial charge < -0.3 is 5.11 Å². The molecule has 1 aromatic rings. The van der Waals surface area contributed by atoms with Gasteiger partial charge in [0.05, 0.1) is 11.3 Å². The van der Waals surface area contributed by atoms with Crippen LogP contribution in [0.25, 0.3) is 0 Å². The lowest BCUT2D eigenvalue weighted by molar-refractivity contribution is 0.0697. The van der Waals surface area contributed by atoms with Crippen LogP contribution in [0.15, 0.2) is 23.2 Å². The summed E-state index contributed by atoms with van der Waals surface area (Å²) in [5.41, 5.74) is 3.02. The van der Waals surface area contributed by atoms with Gasteiger partial charge in [0.2, 0.25) is 0 Å². The Morgan fingerprint density at radius 3 is 2.67 bits per heavy atom. The van der Waals surface area contributed by atoms with Crippen LogP contribution < -0.4 is 0 Å². The van der Waals surface area contributed by atoms with Crippen LogP contribution in [0, 0.1) is 6.92 Å². The van der Waals surface area contributed by atoms with Gasteiger partial charge >= 0.3 is 5.97 Å². The number of carbonyl (C=O) groups is 1. The van der Waals surface area contributed by atoms with Crippen molar-refractivity contribution in [2.45, 2.75) is 27.2 Å². The second kappa shape index (κ2) is 4.73. The number of carboxylic acids is 1. The summed E-state index contributed by atoms with van der Waals surface area (Å²) in [6.07, 6.45) is 0.872. The standard InChI is InChI=1S/C12H15NO2/c1-4-9(3)13-11-7-10(12(14)15)6-5-8(11)2/h5-7H,4H2,1-3H3,(H,14,15). The first kappa shape index (κ1) is 11.4. The number of rotatable bonds is 3. The fraction of sp³-hybridized carbons (Fsp3) is 0.333. The number of carboxylic acid groups (broad SMARTS) is 1. The van der Waals surface area contributed by atoms with E-state index in [2.05, 4.69) is 4.99 Å². The maximum Gasteiger partial charge on any atom is 0.335 e. The number of hydrogen-bond acceptors (Lipinski definition) is 2. The Hall–Kier alpha value is -1.64. The molecule has 0 aromatic heterocycles. The summed E-state index contributed by atoms with van der Waals surface area (Å²) < 4.78 is 0. The maximum atomic E-state index is 10.8.